The smallest absolute Gasteiger partial charge is 0.338 e. The van der Waals surface area contributed by atoms with Crippen molar-refractivity contribution in [3.05, 3.63) is 39.9 Å². The summed E-state index contributed by atoms with van der Waals surface area (Å²) in [4.78, 5) is 11.9. The highest BCUT2D eigenvalue weighted by Crippen LogP contribution is 2.56. The lowest BCUT2D eigenvalue weighted by Crippen LogP contribution is -2.09. The van der Waals surface area contributed by atoms with Crippen LogP contribution in [0.2, 0.25) is 0 Å². The summed E-state index contributed by atoms with van der Waals surface area (Å²) < 4.78 is 5.88. The summed E-state index contributed by atoms with van der Waals surface area (Å²) in [6, 6.07) is 5.76. The van der Waals surface area contributed by atoms with Gasteiger partial charge in [0.05, 0.1) is 12.7 Å². The predicted molar refractivity (Wildman–Crippen MR) is 79.0 cm³/mol. The van der Waals surface area contributed by atoms with E-state index in [1.54, 1.807) is 0 Å². The fraction of sp³-hybridized carbons (Fsp3) is 0.438. The number of halogens is 1. The van der Waals surface area contributed by atoms with Crippen LogP contribution in [0.3, 0.4) is 0 Å². The second-order valence-electron chi connectivity index (χ2n) is 5.61. The average molecular weight is 321 g/mol. The molecule has 0 amide bonds. The van der Waals surface area contributed by atoms with Crippen molar-refractivity contribution in [3.8, 4) is 0 Å². The molecule has 100 valence electrons. The molecule has 0 aromatic heterocycles. The second-order valence-corrected chi connectivity index (χ2v) is 6.53. The predicted octanol–water partition coefficient (Wildman–Crippen LogP) is 4.58. The van der Waals surface area contributed by atoms with E-state index in [4.69, 9.17) is 4.74 Å². The van der Waals surface area contributed by atoms with E-state index in [0.29, 0.717) is 11.0 Å². The minimum atomic E-state index is -0.255. The summed E-state index contributed by atoms with van der Waals surface area (Å²) in [6.45, 7) is 0. The number of hydrogen-bond donors (Lipinski definition) is 0. The van der Waals surface area contributed by atoms with Crippen LogP contribution in [-0.2, 0) is 4.74 Å². The quantitative estimate of drug-likeness (QED) is 0.745. The molecule has 0 atom stereocenters. The van der Waals surface area contributed by atoms with E-state index in [0.717, 1.165) is 22.9 Å². The molecule has 0 N–H and O–H groups in total. The highest BCUT2D eigenvalue weighted by atomic mass is 79.9. The minimum Gasteiger partial charge on any atom is -0.465 e. The number of hydrogen-bond acceptors (Lipinski definition) is 2. The Bertz CT molecular complexity index is 556. The maximum Gasteiger partial charge on any atom is 0.338 e. The van der Waals surface area contributed by atoms with Gasteiger partial charge in [-0.3, -0.25) is 0 Å². The van der Waals surface area contributed by atoms with Gasteiger partial charge in [-0.15, -0.1) is 0 Å². The number of carbonyl (C=O) groups is 1. The molecule has 1 fully saturated rings. The molecule has 0 aliphatic heterocycles. The minimum absolute atomic E-state index is 0.255. The van der Waals surface area contributed by atoms with Gasteiger partial charge in [0.15, 0.2) is 0 Å². The number of carbonyl (C=O) groups excluding carboxylic acids is 1. The number of benzene rings is 1. The average Bonchev–Trinajstić information content (AvgIpc) is 3.18. The number of methoxy groups -OCH3 is 1. The molecule has 2 aliphatic carbocycles. The summed E-state index contributed by atoms with van der Waals surface area (Å²) >= 11 is 3.49. The lowest BCUT2D eigenvalue weighted by Gasteiger charge is -2.22. The first-order valence-corrected chi connectivity index (χ1v) is 7.50. The zero-order chi connectivity index (χ0) is 13.5. The summed E-state index contributed by atoms with van der Waals surface area (Å²) in [5.74, 6) is -0.255. The third kappa shape index (κ3) is 2.48. The maximum absolute atomic E-state index is 11.9. The number of allylic oxidation sites excluding steroid dienone is 2. The van der Waals surface area contributed by atoms with Gasteiger partial charge in [-0.2, -0.15) is 0 Å². The van der Waals surface area contributed by atoms with Crippen LogP contribution in [0.5, 0.6) is 0 Å². The first-order chi connectivity index (χ1) is 9.13. The zero-order valence-electron chi connectivity index (χ0n) is 11.0. The largest absolute Gasteiger partial charge is 0.465 e. The van der Waals surface area contributed by atoms with E-state index < -0.39 is 0 Å². The maximum atomic E-state index is 11.9. The highest BCUT2D eigenvalue weighted by molar-refractivity contribution is 9.10. The van der Waals surface area contributed by atoms with Gasteiger partial charge in [-0.25, -0.2) is 4.79 Å². The molecule has 19 heavy (non-hydrogen) atoms. The SMILES string of the molecule is COC(=O)c1ccc(Br)cc1C1=CCC2(CC1)CC2. The van der Waals surface area contributed by atoms with Crippen LogP contribution in [0, 0.1) is 5.41 Å². The van der Waals surface area contributed by atoms with Gasteiger partial charge in [0, 0.05) is 4.47 Å². The third-order valence-electron chi connectivity index (χ3n) is 4.40. The molecule has 0 radical (unpaired) electrons. The molecule has 0 bridgehead atoms. The van der Waals surface area contributed by atoms with Crippen molar-refractivity contribution in [2.45, 2.75) is 32.1 Å². The molecule has 2 nitrogen and oxygen atoms in total. The van der Waals surface area contributed by atoms with Crippen LogP contribution in [0.25, 0.3) is 5.57 Å². The fourth-order valence-electron chi connectivity index (χ4n) is 2.89. The number of esters is 1. The van der Waals surface area contributed by atoms with Crippen molar-refractivity contribution in [2.75, 3.05) is 7.11 Å². The van der Waals surface area contributed by atoms with Gasteiger partial charge in [0.25, 0.3) is 0 Å². The van der Waals surface area contributed by atoms with Crippen molar-refractivity contribution in [2.24, 2.45) is 5.41 Å². The Kier molecular flexibility index (Phi) is 3.25. The van der Waals surface area contributed by atoms with E-state index in [1.807, 2.05) is 18.2 Å². The van der Waals surface area contributed by atoms with Gasteiger partial charge < -0.3 is 4.74 Å². The molecule has 3 rings (SSSR count). The van der Waals surface area contributed by atoms with Crippen molar-refractivity contribution in [3.63, 3.8) is 0 Å². The molecule has 0 heterocycles. The summed E-state index contributed by atoms with van der Waals surface area (Å²) in [7, 11) is 1.43. The Balaban J connectivity index is 1.97. The lowest BCUT2D eigenvalue weighted by molar-refractivity contribution is 0.0600. The molecule has 1 spiro atoms. The lowest BCUT2D eigenvalue weighted by atomic mass is 9.83. The summed E-state index contributed by atoms with van der Waals surface area (Å²) in [6.07, 6.45) is 8.56. The fourth-order valence-corrected chi connectivity index (χ4v) is 3.25. The van der Waals surface area contributed by atoms with Gasteiger partial charge >= 0.3 is 5.97 Å². The van der Waals surface area contributed by atoms with Crippen LogP contribution < -0.4 is 0 Å². The van der Waals surface area contributed by atoms with Gasteiger partial charge in [0.1, 0.15) is 0 Å². The normalized spacial score (nSPS) is 20.0. The molecule has 0 saturated heterocycles. The Morgan fingerprint density at radius 3 is 2.68 bits per heavy atom. The van der Waals surface area contributed by atoms with Gasteiger partial charge in [-0.05, 0) is 66.9 Å². The third-order valence-corrected chi connectivity index (χ3v) is 4.89. The monoisotopic (exact) mass is 320 g/mol. The summed E-state index contributed by atoms with van der Waals surface area (Å²) in [5.41, 5.74) is 3.60. The van der Waals surface area contributed by atoms with Crippen molar-refractivity contribution in [1.82, 2.24) is 0 Å². The van der Waals surface area contributed by atoms with E-state index in [2.05, 4.69) is 22.0 Å². The van der Waals surface area contributed by atoms with Crippen LogP contribution in [0.15, 0.2) is 28.7 Å². The van der Waals surface area contributed by atoms with Crippen molar-refractivity contribution in [1.29, 1.82) is 0 Å². The number of ether oxygens (including phenoxy) is 1. The first-order valence-electron chi connectivity index (χ1n) is 6.71. The molecule has 3 heteroatoms. The Morgan fingerprint density at radius 1 is 1.32 bits per heavy atom. The molecule has 1 aromatic carbocycles. The van der Waals surface area contributed by atoms with Gasteiger partial charge in [0.2, 0.25) is 0 Å². The number of rotatable bonds is 2. The zero-order valence-corrected chi connectivity index (χ0v) is 12.6. The Morgan fingerprint density at radius 2 is 2.11 bits per heavy atom. The van der Waals surface area contributed by atoms with Gasteiger partial charge in [-0.1, -0.05) is 22.0 Å². The van der Waals surface area contributed by atoms with E-state index in [9.17, 15) is 4.79 Å². The second kappa shape index (κ2) is 4.78. The van der Waals surface area contributed by atoms with E-state index >= 15 is 0 Å². The molecule has 1 aromatic rings. The Labute approximate surface area is 122 Å². The highest BCUT2D eigenvalue weighted by Gasteiger charge is 2.42. The van der Waals surface area contributed by atoms with Crippen LogP contribution in [-0.4, -0.2) is 13.1 Å². The van der Waals surface area contributed by atoms with Crippen LogP contribution in [0.1, 0.15) is 48.0 Å². The molecular weight excluding hydrogens is 304 g/mol. The molecular formula is C16H17BrO2. The first kappa shape index (κ1) is 12.9. The molecule has 1 saturated carbocycles. The molecule has 0 unspecified atom stereocenters. The van der Waals surface area contributed by atoms with Crippen LogP contribution in [0.4, 0.5) is 0 Å². The Hall–Kier alpha value is -1.09. The van der Waals surface area contributed by atoms with E-state index in [1.165, 1.54) is 31.9 Å². The standard InChI is InChI=1S/C16H17BrO2/c1-19-15(18)13-3-2-12(17)10-14(13)11-4-6-16(7-5-11)8-9-16/h2-4,10H,5-9H2,1H3. The summed E-state index contributed by atoms with van der Waals surface area (Å²) in [5, 5.41) is 0. The van der Waals surface area contributed by atoms with E-state index in [-0.39, 0.29) is 5.97 Å². The van der Waals surface area contributed by atoms with Crippen molar-refractivity contribution >= 4 is 27.5 Å². The van der Waals surface area contributed by atoms with Crippen molar-refractivity contribution < 1.29 is 9.53 Å². The topological polar surface area (TPSA) is 26.3 Å². The molecule has 2 aliphatic rings. The van der Waals surface area contributed by atoms with Crippen LogP contribution >= 0.6 is 15.9 Å².